The molecular weight excluding hydrogens is 366 g/mol. The maximum Gasteiger partial charge on any atom is 0.315 e. The monoisotopic (exact) mass is 395 g/mol. The van der Waals surface area contributed by atoms with Crippen LogP contribution in [-0.2, 0) is 11.3 Å². The van der Waals surface area contributed by atoms with E-state index in [0.717, 1.165) is 24.2 Å². The molecule has 0 aliphatic heterocycles. The molecule has 6 heteroatoms. The molecule has 29 heavy (non-hydrogen) atoms. The fraction of sp³-hybridized carbons (Fsp3) is 0.391. The Labute approximate surface area is 172 Å². The van der Waals surface area contributed by atoms with E-state index in [2.05, 4.69) is 16.0 Å². The van der Waals surface area contributed by atoms with Crippen molar-refractivity contribution in [1.82, 2.24) is 16.0 Å². The minimum atomic E-state index is -0.843. The van der Waals surface area contributed by atoms with E-state index in [1.807, 2.05) is 61.5 Å². The lowest BCUT2D eigenvalue weighted by molar-refractivity contribution is -0.127. The van der Waals surface area contributed by atoms with Crippen LogP contribution >= 0.6 is 0 Å². The number of nitrogens with one attached hydrogen (secondary N) is 3. The third-order valence-corrected chi connectivity index (χ3v) is 5.22. The van der Waals surface area contributed by atoms with Crippen molar-refractivity contribution in [2.75, 3.05) is 13.2 Å². The summed E-state index contributed by atoms with van der Waals surface area (Å²) >= 11 is 0. The van der Waals surface area contributed by atoms with E-state index in [1.54, 1.807) is 0 Å². The summed E-state index contributed by atoms with van der Waals surface area (Å²) < 4.78 is 5.66. The van der Waals surface area contributed by atoms with Crippen molar-refractivity contribution in [3.8, 4) is 5.75 Å². The number of carbonyl (C=O) groups is 2. The average molecular weight is 396 g/mol. The summed E-state index contributed by atoms with van der Waals surface area (Å²) in [6, 6.07) is 17.2. The van der Waals surface area contributed by atoms with E-state index in [0.29, 0.717) is 32.5 Å². The van der Waals surface area contributed by atoms with Crippen LogP contribution in [0.3, 0.4) is 0 Å². The first-order valence-electron chi connectivity index (χ1n) is 10.2. The van der Waals surface area contributed by atoms with Gasteiger partial charge in [0.05, 0.1) is 6.54 Å². The standard InChI is InChI=1S/C23H29N3O3/c1-18-9-11-20(12-10-18)29-16-15-24-21(27)23(13-5-6-14-23)26-22(28)25-17-19-7-3-2-4-8-19/h2-4,7-12H,5-6,13-17H2,1H3,(H,24,27)(H2,25,26,28). The molecule has 1 aliphatic rings. The van der Waals surface area contributed by atoms with Gasteiger partial charge in [0, 0.05) is 6.54 Å². The first-order chi connectivity index (χ1) is 14.1. The van der Waals surface area contributed by atoms with Crippen molar-refractivity contribution in [1.29, 1.82) is 0 Å². The van der Waals surface area contributed by atoms with Gasteiger partial charge in [-0.25, -0.2) is 4.79 Å². The third kappa shape index (κ3) is 5.98. The highest BCUT2D eigenvalue weighted by Gasteiger charge is 2.42. The van der Waals surface area contributed by atoms with Crippen molar-refractivity contribution >= 4 is 11.9 Å². The Hall–Kier alpha value is -3.02. The van der Waals surface area contributed by atoms with Crippen LogP contribution in [0.2, 0.25) is 0 Å². The van der Waals surface area contributed by atoms with Gasteiger partial charge < -0.3 is 20.7 Å². The fourth-order valence-electron chi connectivity index (χ4n) is 3.56. The molecule has 0 spiro atoms. The van der Waals surface area contributed by atoms with Crippen LogP contribution < -0.4 is 20.7 Å². The van der Waals surface area contributed by atoms with Crippen LogP contribution in [0.4, 0.5) is 4.79 Å². The van der Waals surface area contributed by atoms with Gasteiger partial charge in [-0.15, -0.1) is 0 Å². The molecule has 2 aromatic rings. The lowest BCUT2D eigenvalue weighted by atomic mass is 9.96. The predicted octanol–water partition coefficient (Wildman–Crippen LogP) is 3.30. The Balaban J connectivity index is 1.46. The fourth-order valence-corrected chi connectivity index (χ4v) is 3.56. The van der Waals surface area contributed by atoms with Gasteiger partial charge in [-0.05, 0) is 37.5 Å². The first-order valence-corrected chi connectivity index (χ1v) is 10.2. The summed E-state index contributed by atoms with van der Waals surface area (Å²) in [7, 11) is 0. The molecule has 0 heterocycles. The second kappa shape index (κ2) is 9.96. The van der Waals surface area contributed by atoms with Gasteiger partial charge in [0.15, 0.2) is 0 Å². The minimum Gasteiger partial charge on any atom is -0.492 e. The van der Waals surface area contributed by atoms with Gasteiger partial charge in [-0.1, -0.05) is 60.9 Å². The van der Waals surface area contributed by atoms with E-state index in [9.17, 15) is 9.59 Å². The van der Waals surface area contributed by atoms with Gasteiger partial charge in [-0.2, -0.15) is 0 Å². The molecule has 3 N–H and O–H groups in total. The predicted molar refractivity (Wildman–Crippen MR) is 113 cm³/mol. The van der Waals surface area contributed by atoms with E-state index in [-0.39, 0.29) is 11.9 Å². The molecule has 0 atom stereocenters. The Morgan fingerprint density at radius 3 is 2.34 bits per heavy atom. The van der Waals surface area contributed by atoms with Crippen LogP contribution in [0.5, 0.6) is 5.75 Å². The minimum absolute atomic E-state index is 0.141. The second-order valence-corrected chi connectivity index (χ2v) is 7.50. The van der Waals surface area contributed by atoms with Gasteiger partial charge >= 0.3 is 6.03 Å². The Bertz CT molecular complexity index is 800. The SMILES string of the molecule is Cc1ccc(OCCNC(=O)C2(NC(=O)NCc3ccccc3)CCCC2)cc1. The normalized spacial score (nSPS) is 14.8. The van der Waals surface area contributed by atoms with Crippen molar-refractivity contribution in [2.24, 2.45) is 0 Å². The molecule has 154 valence electrons. The summed E-state index contributed by atoms with van der Waals surface area (Å²) in [6.07, 6.45) is 3.14. The maximum absolute atomic E-state index is 12.8. The molecule has 6 nitrogen and oxygen atoms in total. The molecule has 1 aliphatic carbocycles. The highest BCUT2D eigenvalue weighted by Crippen LogP contribution is 2.29. The number of aryl methyl sites for hydroxylation is 1. The van der Waals surface area contributed by atoms with E-state index in [4.69, 9.17) is 4.74 Å². The van der Waals surface area contributed by atoms with E-state index in [1.165, 1.54) is 5.56 Å². The van der Waals surface area contributed by atoms with E-state index >= 15 is 0 Å². The molecule has 1 saturated carbocycles. The van der Waals surface area contributed by atoms with Gasteiger partial charge in [0.2, 0.25) is 5.91 Å². The zero-order valence-corrected chi connectivity index (χ0v) is 16.9. The number of rotatable bonds is 8. The zero-order valence-electron chi connectivity index (χ0n) is 16.9. The molecule has 0 radical (unpaired) electrons. The summed E-state index contributed by atoms with van der Waals surface area (Å²) in [5.41, 5.74) is 1.34. The highest BCUT2D eigenvalue weighted by molar-refractivity contribution is 5.91. The van der Waals surface area contributed by atoms with Crippen LogP contribution in [0, 0.1) is 6.92 Å². The van der Waals surface area contributed by atoms with Crippen LogP contribution in [-0.4, -0.2) is 30.6 Å². The second-order valence-electron chi connectivity index (χ2n) is 7.50. The molecule has 0 bridgehead atoms. The van der Waals surface area contributed by atoms with Crippen molar-refractivity contribution < 1.29 is 14.3 Å². The summed E-state index contributed by atoms with van der Waals surface area (Å²) in [4.78, 5) is 25.2. The topological polar surface area (TPSA) is 79.5 Å². The van der Waals surface area contributed by atoms with Crippen molar-refractivity contribution in [2.45, 2.75) is 44.7 Å². The Kier molecular flexibility index (Phi) is 7.11. The Morgan fingerprint density at radius 2 is 1.66 bits per heavy atom. The van der Waals surface area contributed by atoms with E-state index < -0.39 is 5.54 Å². The zero-order chi connectivity index (χ0) is 20.5. The molecule has 0 saturated heterocycles. The van der Waals surface area contributed by atoms with Gasteiger partial charge in [0.25, 0.3) is 0 Å². The summed E-state index contributed by atoms with van der Waals surface area (Å²) in [6.45, 7) is 3.22. The average Bonchev–Trinajstić information content (AvgIpc) is 3.21. The number of ether oxygens (including phenoxy) is 1. The van der Waals surface area contributed by atoms with Gasteiger partial charge in [-0.3, -0.25) is 4.79 Å². The first kappa shape index (κ1) is 20.7. The maximum atomic E-state index is 12.8. The number of amides is 3. The van der Waals surface area contributed by atoms with Crippen LogP contribution in [0.25, 0.3) is 0 Å². The van der Waals surface area contributed by atoms with Crippen LogP contribution in [0.1, 0.15) is 36.8 Å². The van der Waals surface area contributed by atoms with Crippen molar-refractivity contribution in [3.63, 3.8) is 0 Å². The molecule has 3 rings (SSSR count). The lowest BCUT2D eigenvalue weighted by Crippen LogP contribution is -2.59. The largest absolute Gasteiger partial charge is 0.492 e. The molecule has 3 amide bonds. The molecule has 0 unspecified atom stereocenters. The van der Waals surface area contributed by atoms with Crippen molar-refractivity contribution in [3.05, 3.63) is 65.7 Å². The van der Waals surface area contributed by atoms with Crippen LogP contribution in [0.15, 0.2) is 54.6 Å². The number of carbonyl (C=O) groups excluding carboxylic acids is 2. The summed E-state index contributed by atoms with van der Waals surface area (Å²) in [5.74, 6) is 0.635. The summed E-state index contributed by atoms with van der Waals surface area (Å²) in [5, 5.41) is 8.69. The molecular formula is C23H29N3O3. The molecule has 2 aromatic carbocycles. The third-order valence-electron chi connectivity index (χ3n) is 5.22. The number of benzene rings is 2. The molecule has 0 aromatic heterocycles. The quantitative estimate of drug-likeness (QED) is 0.600. The molecule has 1 fully saturated rings. The smallest absolute Gasteiger partial charge is 0.315 e. The Morgan fingerprint density at radius 1 is 0.966 bits per heavy atom. The lowest BCUT2D eigenvalue weighted by Gasteiger charge is -2.29. The number of urea groups is 1. The van der Waals surface area contributed by atoms with Gasteiger partial charge in [0.1, 0.15) is 17.9 Å². The highest BCUT2D eigenvalue weighted by atomic mass is 16.5. The number of hydrogen-bond donors (Lipinski definition) is 3. The number of hydrogen-bond acceptors (Lipinski definition) is 3.